The summed E-state index contributed by atoms with van der Waals surface area (Å²) in [5.74, 6) is -0.566. The number of rotatable bonds is 3. The van der Waals surface area contributed by atoms with Gasteiger partial charge in [0.25, 0.3) is 0 Å². The Hall–Kier alpha value is -1.77. The number of primary sulfonamides is 1. The van der Waals surface area contributed by atoms with E-state index in [1.54, 1.807) is 0 Å². The van der Waals surface area contributed by atoms with Crippen LogP contribution in [0.3, 0.4) is 0 Å². The van der Waals surface area contributed by atoms with Crippen LogP contribution in [0.25, 0.3) is 0 Å². The summed E-state index contributed by atoms with van der Waals surface area (Å²) in [4.78, 5) is -0.565. The van der Waals surface area contributed by atoms with E-state index in [0.717, 1.165) is 24.3 Å². The topological polar surface area (TPSA) is 94.3 Å². The average Bonchev–Trinajstić information content (AvgIpc) is 2.37. The third-order valence-electron chi connectivity index (χ3n) is 2.95. The smallest absolute Gasteiger partial charge is 0.225 e. The van der Waals surface area contributed by atoms with Gasteiger partial charge in [-0.25, -0.2) is 26.4 Å². The van der Waals surface area contributed by atoms with Gasteiger partial charge in [0, 0.05) is 0 Å². The van der Waals surface area contributed by atoms with Crippen LogP contribution in [0.15, 0.2) is 57.2 Å². The minimum absolute atomic E-state index is 0.0318. The third-order valence-corrected chi connectivity index (χ3v) is 5.92. The van der Waals surface area contributed by atoms with Crippen LogP contribution in [0.5, 0.6) is 0 Å². The molecule has 0 atom stereocenters. The highest BCUT2D eigenvalue weighted by atomic mass is 32.2. The normalized spacial score (nSPS) is 12.3. The van der Waals surface area contributed by atoms with Crippen LogP contribution >= 0.6 is 0 Å². The van der Waals surface area contributed by atoms with Crippen molar-refractivity contribution in [3.63, 3.8) is 0 Å². The number of nitrogens with two attached hydrogens (primary N) is 1. The van der Waals surface area contributed by atoms with Gasteiger partial charge < -0.3 is 0 Å². The monoisotopic (exact) mass is 329 g/mol. The molecule has 0 spiro atoms. The first-order valence-electron chi connectivity index (χ1n) is 5.77. The second-order valence-electron chi connectivity index (χ2n) is 4.38. The summed E-state index contributed by atoms with van der Waals surface area (Å²) in [5, 5.41) is 5.06. The van der Waals surface area contributed by atoms with Crippen LogP contribution in [0.1, 0.15) is 5.56 Å². The van der Waals surface area contributed by atoms with Gasteiger partial charge in [0.2, 0.25) is 19.9 Å². The van der Waals surface area contributed by atoms with Gasteiger partial charge in [0.15, 0.2) is 0 Å². The van der Waals surface area contributed by atoms with E-state index in [0.29, 0.717) is 0 Å². The second kappa shape index (κ2) is 5.21. The Balaban J connectivity index is 2.69. The molecule has 2 N–H and O–H groups in total. The number of hydrogen-bond donors (Lipinski definition) is 1. The summed E-state index contributed by atoms with van der Waals surface area (Å²) in [7, 11) is -7.99. The first-order chi connectivity index (χ1) is 9.64. The fourth-order valence-corrected chi connectivity index (χ4v) is 4.32. The highest BCUT2D eigenvalue weighted by Crippen LogP contribution is 2.27. The predicted molar refractivity (Wildman–Crippen MR) is 74.4 cm³/mol. The lowest BCUT2D eigenvalue weighted by atomic mass is 10.2. The molecule has 2 aromatic carbocycles. The van der Waals surface area contributed by atoms with Gasteiger partial charge in [0.1, 0.15) is 5.82 Å². The molecule has 0 aliphatic heterocycles. The molecule has 5 nitrogen and oxygen atoms in total. The lowest BCUT2D eigenvalue weighted by Crippen LogP contribution is -2.15. The molecule has 2 rings (SSSR count). The maximum atomic E-state index is 12.9. The van der Waals surface area contributed by atoms with E-state index in [4.69, 9.17) is 5.14 Å². The molecule has 0 saturated carbocycles. The van der Waals surface area contributed by atoms with Gasteiger partial charge in [-0.2, -0.15) is 0 Å². The van der Waals surface area contributed by atoms with Crippen molar-refractivity contribution in [3.8, 4) is 0 Å². The first kappa shape index (κ1) is 15.6. The summed E-state index contributed by atoms with van der Waals surface area (Å²) >= 11 is 0. The SMILES string of the molecule is Cc1c(S(N)(=O)=O)cccc1S(=O)(=O)c1ccc(F)cc1. The lowest BCUT2D eigenvalue weighted by molar-refractivity contribution is 0.592. The quantitative estimate of drug-likeness (QED) is 0.866. The standard InChI is InChI=1S/C13H12FNO4S2/c1-9-12(3-2-4-13(9)21(15,18)19)20(16,17)11-7-5-10(14)6-8-11/h2-8H,1H3,(H2,15,18,19). The van der Waals surface area contributed by atoms with Gasteiger partial charge in [-0.3, -0.25) is 0 Å². The Morgan fingerprint density at radius 1 is 0.905 bits per heavy atom. The van der Waals surface area contributed by atoms with Gasteiger partial charge >= 0.3 is 0 Å². The minimum Gasteiger partial charge on any atom is -0.225 e. The zero-order valence-electron chi connectivity index (χ0n) is 10.9. The van der Waals surface area contributed by atoms with Crippen LogP contribution in [0.4, 0.5) is 4.39 Å². The van der Waals surface area contributed by atoms with E-state index >= 15 is 0 Å². The van der Waals surface area contributed by atoms with Gasteiger partial charge in [-0.05, 0) is 48.9 Å². The molecule has 0 radical (unpaired) electrons. The molecule has 0 fully saturated rings. The molecule has 0 aliphatic rings. The van der Waals surface area contributed by atoms with Crippen LogP contribution in [0.2, 0.25) is 0 Å². The third kappa shape index (κ3) is 2.97. The van der Waals surface area contributed by atoms with Crippen molar-refractivity contribution in [3.05, 3.63) is 53.8 Å². The van der Waals surface area contributed by atoms with Crippen LogP contribution in [-0.4, -0.2) is 16.8 Å². The van der Waals surface area contributed by atoms with E-state index in [2.05, 4.69) is 0 Å². The zero-order valence-corrected chi connectivity index (χ0v) is 12.6. The van der Waals surface area contributed by atoms with E-state index in [-0.39, 0.29) is 20.2 Å². The average molecular weight is 329 g/mol. The lowest BCUT2D eigenvalue weighted by Gasteiger charge is -2.10. The van der Waals surface area contributed by atoms with Gasteiger partial charge in [0.05, 0.1) is 14.7 Å². The van der Waals surface area contributed by atoms with Crippen LogP contribution < -0.4 is 5.14 Å². The molecule has 2 aromatic rings. The number of hydrogen-bond acceptors (Lipinski definition) is 4. The van der Waals surface area contributed by atoms with E-state index in [1.165, 1.54) is 25.1 Å². The van der Waals surface area contributed by atoms with Crippen molar-refractivity contribution in [2.24, 2.45) is 5.14 Å². The van der Waals surface area contributed by atoms with Gasteiger partial charge in [-0.15, -0.1) is 0 Å². The Bertz CT molecular complexity index is 888. The Labute approximate surface area is 122 Å². The van der Waals surface area contributed by atoms with Gasteiger partial charge in [-0.1, -0.05) is 6.07 Å². The fraction of sp³-hybridized carbons (Fsp3) is 0.0769. The molecule has 0 aliphatic carbocycles. The molecule has 8 heteroatoms. The van der Waals surface area contributed by atoms with Crippen molar-refractivity contribution in [2.45, 2.75) is 21.6 Å². The maximum absolute atomic E-state index is 12.9. The Kier molecular flexibility index (Phi) is 3.87. The zero-order chi connectivity index (χ0) is 15.8. The van der Waals surface area contributed by atoms with E-state index in [9.17, 15) is 21.2 Å². The van der Waals surface area contributed by atoms with Crippen molar-refractivity contribution in [1.29, 1.82) is 0 Å². The highest BCUT2D eigenvalue weighted by Gasteiger charge is 2.23. The Morgan fingerprint density at radius 2 is 1.43 bits per heavy atom. The summed E-state index contributed by atoms with van der Waals surface area (Å²) in [6, 6.07) is 8.08. The van der Waals surface area contributed by atoms with Crippen molar-refractivity contribution in [2.75, 3.05) is 0 Å². The molecular weight excluding hydrogens is 317 g/mol. The molecule has 0 aromatic heterocycles. The van der Waals surface area contributed by atoms with E-state index < -0.39 is 25.7 Å². The van der Waals surface area contributed by atoms with Crippen molar-refractivity contribution in [1.82, 2.24) is 0 Å². The molecule has 21 heavy (non-hydrogen) atoms. The molecule has 0 amide bonds. The summed E-state index contributed by atoms with van der Waals surface area (Å²) < 4.78 is 60.8. The number of benzene rings is 2. The number of sulfone groups is 1. The number of halogens is 1. The summed E-state index contributed by atoms with van der Waals surface area (Å²) in [5.41, 5.74) is 0.0318. The Morgan fingerprint density at radius 3 is 1.95 bits per heavy atom. The fourth-order valence-electron chi connectivity index (χ4n) is 1.93. The van der Waals surface area contributed by atoms with Crippen LogP contribution in [0, 0.1) is 12.7 Å². The summed E-state index contributed by atoms with van der Waals surface area (Å²) in [6.07, 6.45) is 0. The highest BCUT2D eigenvalue weighted by molar-refractivity contribution is 7.91. The molecule has 0 saturated heterocycles. The minimum atomic E-state index is -4.03. The molecular formula is C13H12FNO4S2. The van der Waals surface area contributed by atoms with E-state index in [1.807, 2.05) is 0 Å². The second-order valence-corrected chi connectivity index (χ2v) is 7.83. The van der Waals surface area contributed by atoms with Crippen molar-refractivity contribution < 1.29 is 21.2 Å². The molecule has 0 unspecified atom stereocenters. The first-order valence-corrected chi connectivity index (χ1v) is 8.80. The van der Waals surface area contributed by atoms with Crippen LogP contribution in [-0.2, 0) is 19.9 Å². The predicted octanol–water partition coefficient (Wildman–Crippen LogP) is 1.61. The molecule has 112 valence electrons. The molecule has 0 heterocycles. The summed E-state index contributed by atoms with van der Waals surface area (Å²) in [6.45, 7) is 1.36. The molecule has 0 bridgehead atoms. The van der Waals surface area contributed by atoms with Crippen molar-refractivity contribution >= 4 is 19.9 Å². The largest absolute Gasteiger partial charge is 0.238 e. The number of sulfonamides is 1. The maximum Gasteiger partial charge on any atom is 0.238 e.